The first-order chi connectivity index (χ1) is 12.7. The first-order valence-electron chi connectivity index (χ1n) is 9.75. The highest BCUT2D eigenvalue weighted by molar-refractivity contribution is 5.86. The molecule has 0 bridgehead atoms. The first-order valence-corrected chi connectivity index (χ1v) is 9.75. The van der Waals surface area contributed by atoms with E-state index < -0.39 is 0 Å². The van der Waals surface area contributed by atoms with Crippen LogP contribution >= 0.6 is 0 Å². The van der Waals surface area contributed by atoms with Crippen molar-refractivity contribution in [2.45, 2.75) is 71.1 Å². The SMILES string of the molecule is CCCCCCCCCCCC(=O)NN=Cc1cccc(OC)c1OC. The van der Waals surface area contributed by atoms with Gasteiger partial charge in [-0.2, -0.15) is 5.10 Å². The Bertz CT molecular complexity index is 544. The van der Waals surface area contributed by atoms with Gasteiger partial charge in [-0.25, -0.2) is 5.43 Å². The summed E-state index contributed by atoms with van der Waals surface area (Å²) in [6.45, 7) is 2.24. The first kappa shape index (κ1) is 22.0. The molecule has 146 valence electrons. The van der Waals surface area contributed by atoms with Crippen molar-refractivity contribution in [3.05, 3.63) is 23.8 Å². The summed E-state index contributed by atoms with van der Waals surface area (Å²) in [6.07, 6.45) is 13.3. The van der Waals surface area contributed by atoms with Gasteiger partial charge in [0.2, 0.25) is 5.91 Å². The molecule has 0 atom stereocenters. The minimum Gasteiger partial charge on any atom is -0.493 e. The molecule has 0 aliphatic carbocycles. The molecule has 26 heavy (non-hydrogen) atoms. The number of carbonyl (C=O) groups is 1. The maximum atomic E-state index is 11.8. The topological polar surface area (TPSA) is 59.9 Å². The van der Waals surface area contributed by atoms with Gasteiger partial charge in [-0.3, -0.25) is 4.79 Å². The second-order valence-corrected chi connectivity index (χ2v) is 6.45. The molecule has 0 spiro atoms. The third-order valence-corrected chi connectivity index (χ3v) is 4.33. The third-order valence-electron chi connectivity index (χ3n) is 4.33. The molecule has 1 aromatic carbocycles. The molecule has 0 aliphatic rings. The van der Waals surface area contributed by atoms with E-state index in [-0.39, 0.29) is 5.91 Å². The second kappa shape index (κ2) is 14.2. The highest BCUT2D eigenvalue weighted by Gasteiger charge is 2.07. The summed E-state index contributed by atoms with van der Waals surface area (Å²) in [5, 5.41) is 4.02. The van der Waals surface area contributed by atoms with Crippen molar-refractivity contribution in [2.24, 2.45) is 5.10 Å². The Morgan fingerprint density at radius 1 is 1.00 bits per heavy atom. The molecule has 0 radical (unpaired) electrons. The molecule has 5 heteroatoms. The second-order valence-electron chi connectivity index (χ2n) is 6.45. The van der Waals surface area contributed by atoms with Crippen molar-refractivity contribution < 1.29 is 14.3 Å². The molecule has 5 nitrogen and oxygen atoms in total. The fourth-order valence-corrected chi connectivity index (χ4v) is 2.84. The van der Waals surface area contributed by atoms with Crippen molar-refractivity contribution in [1.29, 1.82) is 0 Å². The van der Waals surface area contributed by atoms with E-state index in [9.17, 15) is 4.79 Å². The number of carbonyl (C=O) groups excluding carboxylic acids is 1. The Morgan fingerprint density at radius 3 is 2.27 bits per heavy atom. The number of benzene rings is 1. The molecular formula is C21H34N2O3. The van der Waals surface area contributed by atoms with Gasteiger partial charge in [0.15, 0.2) is 11.5 Å². The summed E-state index contributed by atoms with van der Waals surface area (Å²) in [6, 6.07) is 5.53. The Labute approximate surface area is 158 Å². The van der Waals surface area contributed by atoms with E-state index in [1.54, 1.807) is 20.4 Å². The average Bonchev–Trinajstić information content (AvgIpc) is 2.66. The lowest BCUT2D eigenvalue weighted by molar-refractivity contribution is -0.121. The van der Waals surface area contributed by atoms with Gasteiger partial charge in [0, 0.05) is 12.0 Å². The molecular weight excluding hydrogens is 328 g/mol. The molecule has 0 aromatic heterocycles. The van der Waals surface area contributed by atoms with Crippen molar-refractivity contribution >= 4 is 12.1 Å². The molecule has 0 saturated carbocycles. The highest BCUT2D eigenvalue weighted by atomic mass is 16.5. The third kappa shape index (κ3) is 8.88. The van der Waals surface area contributed by atoms with Crippen LogP contribution in [0.3, 0.4) is 0 Å². The molecule has 0 unspecified atom stereocenters. The van der Waals surface area contributed by atoms with Gasteiger partial charge in [0.25, 0.3) is 0 Å². The number of hydrazone groups is 1. The fraction of sp³-hybridized carbons (Fsp3) is 0.619. The van der Waals surface area contributed by atoms with E-state index in [1.807, 2.05) is 18.2 Å². The van der Waals surface area contributed by atoms with Crippen LogP contribution in [0, 0.1) is 0 Å². The number of nitrogens with zero attached hydrogens (tertiary/aromatic N) is 1. The van der Waals surface area contributed by atoms with Crippen LogP contribution in [-0.4, -0.2) is 26.3 Å². The molecule has 1 rings (SSSR count). The maximum absolute atomic E-state index is 11.8. The van der Waals surface area contributed by atoms with E-state index in [0.717, 1.165) is 18.4 Å². The van der Waals surface area contributed by atoms with Crippen LogP contribution in [0.1, 0.15) is 76.7 Å². The van der Waals surface area contributed by atoms with Gasteiger partial charge in [0.05, 0.1) is 20.4 Å². The minimum absolute atomic E-state index is 0.0499. The number of para-hydroxylation sites is 1. The standard InChI is InChI=1S/C21H34N2O3/c1-4-5-6-7-8-9-10-11-12-16-20(24)23-22-17-18-14-13-15-19(25-2)21(18)26-3/h13-15,17H,4-12,16H2,1-3H3,(H,23,24). The van der Waals surface area contributed by atoms with E-state index >= 15 is 0 Å². The van der Waals surface area contributed by atoms with Gasteiger partial charge in [0.1, 0.15) is 0 Å². The van der Waals surface area contributed by atoms with Crippen molar-refractivity contribution in [2.75, 3.05) is 14.2 Å². The number of nitrogens with one attached hydrogen (secondary N) is 1. The van der Waals surface area contributed by atoms with Crippen molar-refractivity contribution in [3.8, 4) is 11.5 Å². The van der Waals surface area contributed by atoms with Crippen molar-refractivity contribution in [1.82, 2.24) is 5.43 Å². The Kier molecular flexibility index (Phi) is 12.0. The van der Waals surface area contributed by atoms with Crippen LogP contribution in [0.5, 0.6) is 11.5 Å². The zero-order valence-corrected chi connectivity index (χ0v) is 16.6. The minimum atomic E-state index is -0.0499. The number of hydrogen-bond donors (Lipinski definition) is 1. The quantitative estimate of drug-likeness (QED) is 0.285. The van der Waals surface area contributed by atoms with E-state index in [4.69, 9.17) is 9.47 Å². The summed E-state index contributed by atoms with van der Waals surface area (Å²) < 4.78 is 10.6. The Balaban J connectivity index is 2.19. The lowest BCUT2D eigenvalue weighted by atomic mass is 10.1. The average molecular weight is 363 g/mol. The van der Waals surface area contributed by atoms with Crippen LogP contribution < -0.4 is 14.9 Å². The van der Waals surface area contributed by atoms with Gasteiger partial charge < -0.3 is 9.47 Å². The van der Waals surface area contributed by atoms with Crippen LogP contribution in [-0.2, 0) is 4.79 Å². The van der Waals surface area contributed by atoms with Gasteiger partial charge >= 0.3 is 0 Å². The molecule has 0 aliphatic heterocycles. The Hall–Kier alpha value is -2.04. The summed E-state index contributed by atoms with van der Waals surface area (Å²) >= 11 is 0. The van der Waals surface area contributed by atoms with E-state index in [0.29, 0.717) is 17.9 Å². The molecule has 1 N–H and O–H groups in total. The molecule has 0 fully saturated rings. The monoisotopic (exact) mass is 362 g/mol. The molecule has 0 heterocycles. The van der Waals surface area contributed by atoms with E-state index in [1.165, 1.54) is 44.9 Å². The smallest absolute Gasteiger partial charge is 0.240 e. The summed E-state index contributed by atoms with van der Waals surface area (Å²) in [7, 11) is 3.17. The number of methoxy groups -OCH3 is 2. The highest BCUT2D eigenvalue weighted by Crippen LogP contribution is 2.29. The summed E-state index contributed by atoms with van der Waals surface area (Å²) in [5.74, 6) is 1.19. The molecule has 1 amide bonds. The predicted molar refractivity (Wildman–Crippen MR) is 107 cm³/mol. The molecule has 0 saturated heterocycles. The number of rotatable bonds is 14. The van der Waals surface area contributed by atoms with Gasteiger partial charge in [-0.05, 0) is 18.6 Å². The number of amides is 1. The molecule has 1 aromatic rings. The van der Waals surface area contributed by atoms with Crippen LogP contribution in [0.4, 0.5) is 0 Å². The van der Waals surface area contributed by atoms with E-state index in [2.05, 4.69) is 17.5 Å². The zero-order chi connectivity index (χ0) is 19.0. The number of ether oxygens (including phenoxy) is 2. The van der Waals surface area contributed by atoms with Crippen LogP contribution in [0.15, 0.2) is 23.3 Å². The maximum Gasteiger partial charge on any atom is 0.240 e. The van der Waals surface area contributed by atoms with Crippen molar-refractivity contribution in [3.63, 3.8) is 0 Å². The Morgan fingerprint density at radius 2 is 1.65 bits per heavy atom. The summed E-state index contributed by atoms with van der Waals surface area (Å²) in [5.41, 5.74) is 3.34. The van der Waals surface area contributed by atoms with Gasteiger partial charge in [-0.15, -0.1) is 0 Å². The summed E-state index contributed by atoms with van der Waals surface area (Å²) in [4.78, 5) is 11.8. The van der Waals surface area contributed by atoms with Crippen LogP contribution in [0.25, 0.3) is 0 Å². The normalized spacial score (nSPS) is 10.9. The number of hydrogen-bond acceptors (Lipinski definition) is 4. The lowest BCUT2D eigenvalue weighted by Crippen LogP contribution is -2.17. The predicted octanol–water partition coefficient (Wildman–Crippen LogP) is 5.07. The fourth-order valence-electron chi connectivity index (χ4n) is 2.84. The van der Waals surface area contributed by atoms with Crippen LogP contribution in [0.2, 0.25) is 0 Å². The largest absolute Gasteiger partial charge is 0.493 e. The van der Waals surface area contributed by atoms with Gasteiger partial charge in [-0.1, -0.05) is 64.4 Å². The number of unbranched alkanes of at least 4 members (excludes halogenated alkanes) is 8. The zero-order valence-electron chi connectivity index (χ0n) is 16.6. The lowest BCUT2D eigenvalue weighted by Gasteiger charge is -2.09.